The highest BCUT2D eigenvalue weighted by molar-refractivity contribution is 6.09. The Morgan fingerprint density at radius 1 is 1.16 bits per heavy atom. The lowest BCUT2D eigenvalue weighted by atomic mass is 9.91. The molecule has 0 aliphatic carbocycles. The standard InChI is InChI=1S/C23H21N3O6/c1-13(18-9-14-5-3-4-6-16(14)32-18)24-20(27)11-26-21(28)23(2,25-22(26)29)15-7-8-17-19(10-15)31-12-30-17/h3-10,13H,11-12H2,1-2H3,(H,24,27)(H,25,29)/t13-,23+/m0/s1. The van der Waals surface area contributed by atoms with E-state index < -0.39 is 36.0 Å². The first-order chi connectivity index (χ1) is 15.3. The Bertz CT molecular complexity index is 1220. The van der Waals surface area contributed by atoms with Crippen molar-refractivity contribution < 1.29 is 28.3 Å². The SMILES string of the molecule is C[C@H](NC(=O)CN1C(=O)N[C@](C)(c2ccc3c(c2)OCO3)C1=O)c1cc2ccccc2o1. The molecule has 1 fully saturated rings. The van der Waals surface area contributed by atoms with E-state index in [1.54, 1.807) is 32.0 Å². The van der Waals surface area contributed by atoms with E-state index >= 15 is 0 Å². The van der Waals surface area contributed by atoms with Crippen LogP contribution in [0.2, 0.25) is 0 Å². The third-order valence-electron chi connectivity index (χ3n) is 5.78. The molecule has 2 aromatic carbocycles. The van der Waals surface area contributed by atoms with Crippen LogP contribution in [0.5, 0.6) is 11.5 Å². The van der Waals surface area contributed by atoms with Gasteiger partial charge >= 0.3 is 6.03 Å². The quantitative estimate of drug-likeness (QED) is 0.597. The van der Waals surface area contributed by atoms with Gasteiger partial charge in [-0.3, -0.25) is 14.5 Å². The molecule has 32 heavy (non-hydrogen) atoms. The summed E-state index contributed by atoms with van der Waals surface area (Å²) in [6.07, 6.45) is 0. The van der Waals surface area contributed by atoms with Crippen molar-refractivity contribution in [1.29, 1.82) is 0 Å². The van der Waals surface area contributed by atoms with Crippen molar-refractivity contribution in [2.24, 2.45) is 0 Å². The number of urea groups is 1. The Morgan fingerprint density at radius 3 is 2.75 bits per heavy atom. The summed E-state index contributed by atoms with van der Waals surface area (Å²) in [6, 6.07) is 13.4. The first-order valence-corrected chi connectivity index (χ1v) is 10.2. The van der Waals surface area contributed by atoms with E-state index in [9.17, 15) is 14.4 Å². The predicted octanol–water partition coefficient (Wildman–Crippen LogP) is 2.81. The molecule has 0 bridgehead atoms. The molecule has 0 spiro atoms. The minimum atomic E-state index is -1.32. The highest BCUT2D eigenvalue weighted by Crippen LogP contribution is 2.37. The number of amides is 4. The summed E-state index contributed by atoms with van der Waals surface area (Å²) < 4.78 is 16.4. The summed E-state index contributed by atoms with van der Waals surface area (Å²) in [5.74, 6) is 0.665. The van der Waals surface area contributed by atoms with Crippen molar-refractivity contribution in [2.45, 2.75) is 25.4 Å². The van der Waals surface area contributed by atoms with E-state index in [2.05, 4.69) is 10.6 Å². The number of para-hydroxylation sites is 1. The second-order valence-corrected chi connectivity index (χ2v) is 7.99. The molecule has 0 unspecified atom stereocenters. The number of carbonyl (C=O) groups is 3. The van der Waals surface area contributed by atoms with Gasteiger partial charge in [-0.2, -0.15) is 0 Å². The van der Waals surface area contributed by atoms with Gasteiger partial charge in [-0.15, -0.1) is 0 Å². The summed E-state index contributed by atoms with van der Waals surface area (Å²) in [5, 5.41) is 6.40. The van der Waals surface area contributed by atoms with Crippen molar-refractivity contribution in [1.82, 2.24) is 15.5 Å². The highest BCUT2D eigenvalue weighted by Gasteiger charge is 2.50. The molecule has 2 aliphatic heterocycles. The second-order valence-electron chi connectivity index (χ2n) is 7.99. The lowest BCUT2D eigenvalue weighted by Crippen LogP contribution is -2.43. The predicted molar refractivity (Wildman–Crippen MR) is 113 cm³/mol. The summed E-state index contributed by atoms with van der Waals surface area (Å²) in [7, 11) is 0. The van der Waals surface area contributed by atoms with E-state index in [1.807, 2.05) is 30.3 Å². The van der Waals surface area contributed by atoms with E-state index in [-0.39, 0.29) is 6.79 Å². The second kappa shape index (κ2) is 7.30. The number of hydrogen-bond donors (Lipinski definition) is 2. The van der Waals surface area contributed by atoms with Crippen molar-refractivity contribution in [3.63, 3.8) is 0 Å². The van der Waals surface area contributed by atoms with Gasteiger partial charge in [0.25, 0.3) is 5.91 Å². The number of imide groups is 1. The number of fused-ring (bicyclic) bond motifs is 2. The smallest absolute Gasteiger partial charge is 0.325 e. The average molecular weight is 435 g/mol. The van der Waals surface area contributed by atoms with Gasteiger partial charge in [0.15, 0.2) is 11.5 Å². The summed E-state index contributed by atoms with van der Waals surface area (Å²) >= 11 is 0. The zero-order chi connectivity index (χ0) is 22.5. The molecule has 0 saturated carbocycles. The number of carbonyl (C=O) groups excluding carboxylic acids is 3. The van der Waals surface area contributed by atoms with Gasteiger partial charge in [-0.25, -0.2) is 4.79 Å². The van der Waals surface area contributed by atoms with Crippen molar-refractivity contribution >= 4 is 28.8 Å². The molecule has 164 valence electrons. The molecule has 5 rings (SSSR count). The Morgan fingerprint density at radius 2 is 1.94 bits per heavy atom. The maximum absolute atomic E-state index is 13.1. The van der Waals surface area contributed by atoms with Crippen LogP contribution in [0.25, 0.3) is 11.0 Å². The van der Waals surface area contributed by atoms with Gasteiger partial charge in [0.05, 0.1) is 6.04 Å². The monoisotopic (exact) mass is 435 g/mol. The third kappa shape index (κ3) is 3.22. The summed E-state index contributed by atoms with van der Waals surface area (Å²) in [5.41, 5.74) is -0.0567. The molecule has 9 nitrogen and oxygen atoms in total. The lowest BCUT2D eigenvalue weighted by molar-refractivity contribution is -0.135. The number of rotatable bonds is 5. The van der Waals surface area contributed by atoms with Crippen LogP contribution in [0.4, 0.5) is 4.79 Å². The van der Waals surface area contributed by atoms with Crippen LogP contribution in [-0.2, 0) is 15.1 Å². The largest absolute Gasteiger partial charge is 0.459 e. The van der Waals surface area contributed by atoms with Gasteiger partial charge in [0.1, 0.15) is 23.4 Å². The summed E-state index contributed by atoms with van der Waals surface area (Å²) in [4.78, 5) is 39.2. The average Bonchev–Trinajstić information content (AvgIpc) is 3.47. The summed E-state index contributed by atoms with van der Waals surface area (Å²) in [6.45, 7) is 3.07. The molecule has 0 radical (unpaired) electrons. The van der Waals surface area contributed by atoms with E-state index in [0.717, 1.165) is 15.9 Å². The molecule has 2 N–H and O–H groups in total. The van der Waals surface area contributed by atoms with Crippen molar-refractivity contribution in [3.05, 3.63) is 59.9 Å². The molecule has 3 heterocycles. The van der Waals surface area contributed by atoms with Crippen LogP contribution in [0.1, 0.15) is 31.2 Å². The van der Waals surface area contributed by atoms with E-state index in [1.165, 1.54) is 0 Å². The maximum atomic E-state index is 13.1. The first kappa shape index (κ1) is 19.9. The Balaban J connectivity index is 1.29. The fraction of sp³-hybridized carbons (Fsp3) is 0.261. The van der Waals surface area contributed by atoms with Gasteiger partial charge in [-0.05, 0) is 43.7 Å². The topological polar surface area (TPSA) is 110 Å². The van der Waals surface area contributed by atoms with Crippen LogP contribution in [-0.4, -0.2) is 36.1 Å². The van der Waals surface area contributed by atoms with Crippen molar-refractivity contribution in [2.75, 3.05) is 13.3 Å². The van der Waals surface area contributed by atoms with E-state index in [4.69, 9.17) is 13.9 Å². The number of nitrogens with one attached hydrogen (secondary N) is 2. The number of benzene rings is 2. The minimum Gasteiger partial charge on any atom is -0.459 e. The molecular weight excluding hydrogens is 414 g/mol. The minimum absolute atomic E-state index is 0.103. The molecule has 1 saturated heterocycles. The molecule has 4 amide bonds. The van der Waals surface area contributed by atoms with Gasteiger partial charge < -0.3 is 24.5 Å². The zero-order valence-corrected chi connectivity index (χ0v) is 17.5. The van der Waals surface area contributed by atoms with Gasteiger partial charge in [0, 0.05) is 5.39 Å². The Hall–Kier alpha value is -4.01. The van der Waals surface area contributed by atoms with Crippen LogP contribution in [0.3, 0.4) is 0 Å². The van der Waals surface area contributed by atoms with Gasteiger partial charge in [-0.1, -0.05) is 24.3 Å². The van der Waals surface area contributed by atoms with Crippen LogP contribution in [0.15, 0.2) is 52.9 Å². The number of ether oxygens (including phenoxy) is 2. The molecule has 9 heteroatoms. The van der Waals surface area contributed by atoms with Crippen molar-refractivity contribution in [3.8, 4) is 11.5 Å². The number of furan rings is 1. The first-order valence-electron chi connectivity index (χ1n) is 10.2. The molecular formula is C23H21N3O6. The highest BCUT2D eigenvalue weighted by atomic mass is 16.7. The maximum Gasteiger partial charge on any atom is 0.325 e. The fourth-order valence-corrected chi connectivity index (χ4v) is 3.96. The number of nitrogens with zero attached hydrogens (tertiary/aromatic N) is 1. The van der Waals surface area contributed by atoms with Crippen LogP contribution >= 0.6 is 0 Å². The molecule has 2 aliphatic rings. The van der Waals surface area contributed by atoms with Crippen LogP contribution < -0.4 is 20.1 Å². The molecule has 3 aromatic rings. The van der Waals surface area contributed by atoms with E-state index in [0.29, 0.717) is 22.8 Å². The molecule has 1 aromatic heterocycles. The lowest BCUT2D eigenvalue weighted by Gasteiger charge is -2.22. The molecule has 2 atom stereocenters. The zero-order valence-electron chi connectivity index (χ0n) is 17.5. The van der Waals surface area contributed by atoms with Crippen LogP contribution in [0, 0.1) is 0 Å². The fourth-order valence-electron chi connectivity index (χ4n) is 3.96. The third-order valence-corrected chi connectivity index (χ3v) is 5.78. The Kier molecular flexibility index (Phi) is 4.54. The number of hydrogen-bond acceptors (Lipinski definition) is 6. The normalized spacial score (nSPS) is 20.5. The Labute approximate surface area is 183 Å². The van der Waals surface area contributed by atoms with Gasteiger partial charge in [0.2, 0.25) is 12.7 Å².